The fraction of sp³-hybridized carbons (Fsp3) is 0.607. The van der Waals surface area contributed by atoms with Crippen LogP contribution in [0.4, 0.5) is 13.2 Å². The van der Waals surface area contributed by atoms with Gasteiger partial charge in [-0.25, -0.2) is 18.0 Å². The molecular weight excluding hydrogens is 425 g/mol. The third-order valence-corrected chi connectivity index (χ3v) is 8.19. The van der Waals surface area contributed by atoms with E-state index >= 15 is 4.39 Å². The van der Waals surface area contributed by atoms with Crippen molar-refractivity contribution < 1.29 is 22.7 Å². The number of ether oxygens (including phenoxy) is 1. The highest BCUT2D eigenvalue weighted by Gasteiger charge is 2.37. The number of carbonyl (C=O) groups excluding carboxylic acids is 1. The molecule has 2 unspecified atom stereocenters. The Morgan fingerprint density at radius 1 is 0.939 bits per heavy atom. The Kier molecular flexibility index (Phi) is 7.65. The maximum atomic E-state index is 15.5. The molecule has 0 spiro atoms. The molecule has 0 aliphatic heterocycles. The van der Waals surface area contributed by atoms with Crippen molar-refractivity contribution in [2.24, 2.45) is 17.8 Å². The SMILES string of the molecule is CCCCCCC1CC[C@@H]2CC(c3ccc4cc(C(=O)OC)c(F)c(F)c4c3F)CC[C@H]2C1. The number of rotatable bonds is 7. The Morgan fingerprint density at radius 3 is 2.45 bits per heavy atom. The number of unbranched alkanes of at least 4 members (excludes halogenated alkanes) is 3. The summed E-state index contributed by atoms with van der Waals surface area (Å²) < 4.78 is 49.3. The van der Waals surface area contributed by atoms with Crippen LogP contribution >= 0.6 is 0 Å². The van der Waals surface area contributed by atoms with E-state index in [1.807, 2.05) is 0 Å². The highest BCUT2D eigenvalue weighted by molar-refractivity contribution is 5.96. The van der Waals surface area contributed by atoms with Gasteiger partial charge in [0.2, 0.25) is 0 Å². The summed E-state index contributed by atoms with van der Waals surface area (Å²) in [5.74, 6) is -2.17. The van der Waals surface area contributed by atoms with Gasteiger partial charge in [0.05, 0.1) is 18.1 Å². The molecule has 4 atom stereocenters. The number of fused-ring (bicyclic) bond motifs is 2. The lowest BCUT2D eigenvalue weighted by molar-refractivity contribution is 0.0594. The van der Waals surface area contributed by atoms with Gasteiger partial charge in [-0.15, -0.1) is 0 Å². The third-order valence-electron chi connectivity index (χ3n) is 8.19. The molecule has 0 radical (unpaired) electrons. The van der Waals surface area contributed by atoms with Crippen molar-refractivity contribution in [3.05, 3.63) is 46.8 Å². The van der Waals surface area contributed by atoms with Crippen LogP contribution in [0.2, 0.25) is 0 Å². The van der Waals surface area contributed by atoms with Gasteiger partial charge in [0.25, 0.3) is 0 Å². The smallest absolute Gasteiger partial charge is 0.340 e. The van der Waals surface area contributed by atoms with E-state index in [1.54, 1.807) is 12.1 Å². The molecule has 33 heavy (non-hydrogen) atoms. The van der Waals surface area contributed by atoms with Gasteiger partial charge in [0.15, 0.2) is 11.6 Å². The molecule has 4 rings (SSSR count). The molecule has 0 amide bonds. The first-order chi connectivity index (χ1) is 15.9. The first kappa shape index (κ1) is 24.1. The molecule has 0 bridgehead atoms. The van der Waals surface area contributed by atoms with Gasteiger partial charge < -0.3 is 4.74 Å². The third kappa shape index (κ3) is 4.93. The molecule has 2 fully saturated rings. The summed E-state index contributed by atoms with van der Waals surface area (Å²) in [6.45, 7) is 2.24. The topological polar surface area (TPSA) is 26.3 Å². The van der Waals surface area contributed by atoms with Gasteiger partial charge in [-0.05, 0) is 72.8 Å². The van der Waals surface area contributed by atoms with E-state index in [0.29, 0.717) is 17.4 Å². The first-order valence-corrected chi connectivity index (χ1v) is 12.6. The summed E-state index contributed by atoms with van der Waals surface area (Å²) in [5.41, 5.74) is -0.0339. The Labute approximate surface area is 194 Å². The molecule has 2 aromatic carbocycles. The van der Waals surface area contributed by atoms with Gasteiger partial charge in [-0.2, -0.15) is 0 Å². The number of methoxy groups -OCH3 is 1. The summed E-state index contributed by atoms with van der Waals surface area (Å²) in [4.78, 5) is 11.8. The van der Waals surface area contributed by atoms with Crippen LogP contribution in [0.25, 0.3) is 10.8 Å². The van der Waals surface area contributed by atoms with E-state index in [-0.39, 0.29) is 16.7 Å². The van der Waals surface area contributed by atoms with Gasteiger partial charge in [-0.3, -0.25) is 0 Å². The van der Waals surface area contributed by atoms with E-state index in [1.165, 1.54) is 57.4 Å². The van der Waals surface area contributed by atoms with Crippen LogP contribution in [0, 0.1) is 35.2 Å². The summed E-state index contributed by atoms with van der Waals surface area (Å²) in [5, 5.41) is -0.191. The lowest BCUT2D eigenvalue weighted by Gasteiger charge is -2.42. The van der Waals surface area contributed by atoms with Crippen LogP contribution in [-0.4, -0.2) is 13.1 Å². The lowest BCUT2D eigenvalue weighted by Crippen LogP contribution is -2.30. The van der Waals surface area contributed by atoms with Gasteiger partial charge >= 0.3 is 5.97 Å². The van der Waals surface area contributed by atoms with Crippen LogP contribution < -0.4 is 0 Å². The number of carbonyl (C=O) groups is 1. The monoisotopic (exact) mass is 460 g/mol. The minimum atomic E-state index is -1.36. The van der Waals surface area contributed by atoms with Crippen molar-refractivity contribution in [3.63, 3.8) is 0 Å². The van der Waals surface area contributed by atoms with E-state index in [0.717, 1.165) is 32.3 Å². The average Bonchev–Trinajstić information content (AvgIpc) is 2.83. The molecular formula is C28H35F3O2. The molecule has 0 N–H and O–H groups in total. The largest absolute Gasteiger partial charge is 0.465 e. The van der Waals surface area contributed by atoms with Crippen molar-refractivity contribution in [1.29, 1.82) is 0 Å². The van der Waals surface area contributed by atoms with Crippen molar-refractivity contribution in [1.82, 2.24) is 0 Å². The van der Waals surface area contributed by atoms with Crippen LogP contribution in [0.1, 0.15) is 99.4 Å². The van der Waals surface area contributed by atoms with Crippen molar-refractivity contribution in [2.75, 3.05) is 7.11 Å². The molecule has 0 aromatic heterocycles. The number of esters is 1. The van der Waals surface area contributed by atoms with Crippen LogP contribution in [0.5, 0.6) is 0 Å². The van der Waals surface area contributed by atoms with Crippen molar-refractivity contribution >= 4 is 16.7 Å². The molecule has 2 saturated carbocycles. The second-order valence-corrected chi connectivity index (χ2v) is 10.2. The molecule has 2 aliphatic rings. The van der Waals surface area contributed by atoms with E-state index in [4.69, 9.17) is 0 Å². The van der Waals surface area contributed by atoms with Crippen molar-refractivity contribution in [2.45, 2.75) is 83.5 Å². The van der Waals surface area contributed by atoms with Crippen molar-refractivity contribution in [3.8, 4) is 0 Å². The fourth-order valence-electron chi connectivity index (χ4n) is 6.36. The maximum Gasteiger partial charge on any atom is 0.340 e. The number of hydrogen-bond acceptors (Lipinski definition) is 2. The highest BCUT2D eigenvalue weighted by atomic mass is 19.2. The number of halogens is 3. The average molecular weight is 461 g/mol. The van der Waals surface area contributed by atoms with E-state index in [2.05, 4.69) is 11.7 Å². The Morgan fingerprint density at radius 2 is 1.70 bits per heavy atom. The second kappa shape index (κ2) is 10.5. The second-order valence-electron chi connectivity index (χ2n) is 10.2. The summed E-state index contributed by atoms with van der Waals surface area (Å²) in [6.07, 6.45) is 13.2. The maximum absolute atomic E-state index is 15.5. The molecule has 180 valence electrons. The lowest BCUT2D eigenvalue weighted by atomic mass is 9.63. The zero-order chi connectivity index (χ0) is 23.5. The summed E-state index contributed by atoms with van der Waals surface area (Å²) >= 11 is 0. The minimum absolute atomic E-state index is 0.0273. The normalized spacial score (nSPS) is 25.1. The van der Waals surface area contributed by atoms with Gasteiger partial charge in [0.1, 0.15) is 5.82 Å². The Bertz CT molecular complexity index is 1000. The predicted molar refractivity (Wildman–Crippen MR) is 125 cm³/mol. The van der Waals surface area contributed by atoms with E-state index < -0.39 is 29.0 Å². The molecule has 0 saturated heterocycles. The van der Waals surface area contributed by atoms with Gasteiger partial charge in [-0.1, -0.05) is 57.6 Å². The zero-order valence-corrected chi connectivity index (χ0v) is 19.8. The van der Waals surface area contributed by atoms with E-state index in [9.17, 15) is 13.6 Å². The van der Waals surface area contributed by atoms with Crippen LogP contribution in [-0.2, 0) is 4.74 Å². The number of hydrogen-bond donors (Lipinski definition) is 0. The molecule has 0 heterocycles. The highest BCUT2D eigenvalue weighted by Crippen LogP contribution is 2.49. The van der Waals surface area contributed by atoms with Crippen LogP contribution in [0.3, 0.4) is 0 Å². The fourth-order valence-corrected chi connectivity index (χ4v) is 6.36. The standard InChI is InChI=1S/C28H35F3O2/c1-3-4-5-6-7-17-8-9-19-15-20(11-10-18(19)14-17)22-13-12-21-16-23(28(32)33-2)26(30)27(31)24(21)25(22)29/h12-13,16-20H,3-11,14-15H2,1-2H3/t17?,18-,19+,20?/m0/s1. The van der Waals surface area contributed by atoms with Gasteiger partial charge in [0, 0.05) is 0 Å². The Balaban J connectivity index is 1.49. The molecule has 2 nitrogen and oxygen atoms in total. The first-order valence-electron chi connectivity index (χ1n) is 12.6. The predicted octanol–water partition coefficient (Wildman–Crippen LogP) is 8.31. The quantitative estimate of drug-likeness (QED) is 0.307. The number of benzene rings is 2. The summed E-state index contributed by atoms with van der Waals surface area (Å²) in [7, 11) is 1.10. The molecule has 5 heteroatoms. The Hall–Kier alpha value is -2.04. The zero-order valence-electron chi connectivity index (χ0n) is 19.8. The van der Waals surface area contributed by atoms with Crippen LogP contribution in [0.15, 0.2) is 18.2 Å². The molecule has 2 aliphatic carbocycles. The molecule has 2 aromatic rings. The minimum Gasteiger partial charge on any atom is -0.465 e. The summed E-state index contributed by atoms with van der Waals surface area (Å²) in [6, 6.07) is 4.47.